The van der Waals surface area contributed by atoms with Crippen molar-refractivity contribution in [3.05, 3.63) is 11.1 Å². The molecule has 1 aromatic heterocycles. The second-order valence-corrected chi connectivity index (χ2v) is 6.34. The highest BCUT2D eigenvalue weighted by atomic mass is 32.1. The number of anilines is 1. The van der Waals surface area contributed by atoms with Crippen LogP contribution in [0.25, 0.3) is 0 Å². The van der Waals surface area contributed by atoms with Crippen LogP contribution in [0.1, 0.15) is 38.4 Å². The van der Waals surface area contributed by atoms with Gasteiger partial charge in [-0.2, -0.15) is 0 Å². The molecule has 2 heterocycles. The van der Waals surface area contributed by atoms with Crippen LogP contribution in [-0.2, 0) is 0 Å². The molecule has 5 heteroatoms. The van der Waals surface area contributed by atoms with Crippen molar-refractivity contribution in [1.82, 2.24) is 15.2 Å². The first kappa shape index (κ1) is 14.8. The number of rotatable bonds is 5. The molecule has 1 aliphatic heterocycles. The molecule has 0 aliphatic carbocycles. The molecular formula is C14H26N4S. The number of nitrogens with one attached hydrogen (secondary N) is 1. The van der Waals surface area contributed by atoms with Gasteiger partial charge in [-0.1, -0.05) is 6.92 Å². The van der Waals surface area contributed by atoms with E-state index in [4.69, 9.17) is 4.98 Å². The monoisotopic (exact) mass is 282 g/mol. The summed E-state index contributed by atoms with van der Waals surface area (Å²) >= 11 is 1.76. The lowest BCUT2D eigenvalue weighted by molar-refractivity contribution is 0.248. The molecule has 0 bridgehead atoms. The Morgan fingerprint density at radius 3 is 3.11 bits per heavy atom. The third-order valence-electron chi connectivity index (χ3n) is 3.91. The van der Waals surface area contributed by atoms with Gasteiger partial charge in [0.1, 0.15) is 0 Å². The van der Waals surface area contributed by atoms with E-state index in [1.54, 1.807) is 11.3 Å². The molecule has 2 rings (SSSR count). The number of aromatic nitrogens is 1. The molecule has 0 radical (unpaired) electrons. The van der Waals surface area contributed by atoms with Crippen LogP contribution in [0.15, 0.2) is 5.38 Å². The van der Waals surface area contributed by atoms with Crippen molar-refractivity contribution >= 4 is 16.5 Å². The smallest absolute Gasteiger partial charge is 0.185 e. The van der Waals surface area contributed by atoms with Gasteiger partial charge in [-0.3, -0.25) is 0 Å². The minimum absolute atomic E-state index is 0.345. The highest BCUT2D eigenvalue weighted by molar-refractivity contribution is 7.13. The van der Waals surface area contributed by atoms with Crippen molar-refractivity contribution in [2.45, 2.75) is 38.8 Å². The van der Waals surface area contributed by atoms with E-state index in [2.05, 4.69) is 48.4 Å². The predicted octanol–water partition coefficient (Wildman–Crippen LogP) is 2.34. The zero-order valence-corrected chi connectivity index (χ0v) is 13.3. The van der Waals surface area contributed by atoms with Gasteiger partial charge in [0.25, 0.3) is 0 Å². The topological polar surface area (TPSA) is 31.4 Å². The summed E-state index contributed by atoms with van der Waals surface area (Å²) in [6.07, 6.45) is 2.57. The molecule has 0 spiro atoms. The van der Waals surface area contributed by atoms with Gasteiger partial charge in [0, 0.05) is 31.1 Å². The van der Waals surface area contributed by atoms with Crippen LogP contribution in [-0.4, -0.2) is 49.7 Å². The van der Waals surface area contributed by atoms with Crippen molar-refractivity contribution in [2.75, 3.05) is 38.6 Å². The molecular weight excluding hydrogens is 256 g/mol. The Kier molecular flexibility index (Phi) is 5.19. The quantitative estimate of drug-likeness (QED) is 0.898. The summed E-state index contributed by atoms with van der Waals surface area (Å²) in [5.74, 6) is 0. The Morgan fingerprint density at radius 2 is 2.42 bits per heavy atom. The summed E-state index contributed by atoms with van der Waals surface area (Å²) < 4.78 is 0. The Labute approximate surface area is 120 Å². The lowest BCUT2D eigenvalue weighted by Crippen LogP contribution is -2.45. The average molecular weight is 282 g/mol. The van der Waals surface area contributed by atoms with Gasteiger partial charge in [0.05, 0.1) is 5.69 Å². The highest BCUT2D eigenvalue weighted by Crippen LogP contribution is 2.26. The number of likely N-dealkylation sites (tertiary alicyclic amines) is 1. The molecule has 2 atom stereocenters. The molecule has 1 saturated heterocycles. The minimum atomic E-state index is 0.345. The summed E-state index contributed by atoms with van der Waals surface area (Å²) in [5.41, 5.74) is 1.16. The van der Waals surface area contributed by atoms with E-state index in [0.717, 1.165) is 23.9 Å². The van der Waals surface area contributed by atoms with Crippen LogP contribution < -0.4 is 10.2 Å². The molecule has 1 N–H and O–H groups in total. The van der Waals surface area contributed by atoms with E-state index in [-0.39, 0.29) is 0 Å². The van der Waals surface area contributed by atoms with E-state index in [1.165, 1.54) is 19.4 Å². The van der Waals surface area contributed by atoms with Gasteiger partial charge in [0.2, 0.25) is 0 Å². The van der Waals surface area contributed by atoms with E-state index in [1.807, 2.05) is 0 Å². The number of nitrogens with zero attached hydrogens (tertiary/aromatic N) is 3. The highest BCUT2D eigenvalue weighted by Gasteiger charge is 2.23. The molecule has 0 saturated carbocycles. The predicted molar refractivity (Wildman–Crippen MR) is 83.1 cm³/mol. The van der Waals surface area contributed by atoms with Gasteiger partial charge in [-0.25, -0.2) is 4.98 Å². The van der Waals surface area contributed by atoms with E-state index in [9.17, 15) is 0 Å². The number of thiazole rings is 1. The average Bonchev–Trinajstić information content (AvgIpc) is 2.88. The van der Waals surface area contributed by atoms with Gasteiger partial charge in [-0.15, -0.1) is 11.3 Å². The fourth-order valence-electron chi connectivity index (χ4n) is 2.66. The maximum Gasteiger partial charge on any atom is 0.185 e. The molecule has 4 nitrogen and oxygen atoms in total. The summed E-state index contributed by atoms with van der Waals surface area (Å²) in [7, 11) is 4.39. The molecule has 19 heavy (non-hydrogen) atoms. The second kappa shape index (κ2) is 6.68. The molecule has 1 fully saturated rings. The van der Waals surface area contributed by atoms with Crippen molar-refractivity contribution in [1.29, 1.82) is 0 Å². The van der Waals surface area contributed by atoms with Crippen molar-refractivity contribution in [3.63, 3.8) is 0 Å². The molecule has 108 valence electrons. The Hall–Kier alpha value is -0.650. The molecule has 0 amide bonds. The van der Waals surface area contributed by atoms with Crippen LogP contribution in [0.5, 0.6) is 0 Å². The van der Waals surface area contributed by atoms with Gasteiger partial charge in [-0.05, 0) is 39.9 Å². The summed E-state index contributed by atoms with van der Waals surface area (Å²) in [6, 6.07) is 0.949. The summed E-state index contributed by atoms with van der Waals surface area (Å²) in [6.45, 7) is 7.67. The van der Waals surface area contributed by atoms with Crippen LogP contribution >= 0.6 is 11.3 Å². The van der Waals surface area contributed by atoms with Gasteiger partial charge in [0.15, 0.2) is 5.13 Å². The fourth-order valence-corrected chi connectivity index (χ4v) is 3.62. The maximum absolute atomic E-state index is 4.79. The first-order valence-electron chi connectivity index (χ1n) is 7.22. The first-order chi connectivity index (χ1) is 9.11. The lowest BCUT2D eigenvalue weighted by atomic mass is 10.1. The third-order valence-corrected chi connectivity index (χ3v) is 4.86. The van der Waals surface area contributed by atoms with E-state index >= 15 is 0 Å². The Balaban J connectivity index is 2.01. The zero-order chi connectivity index (χ0) is 13.8. The number of piperidine rings is 1. The largest absolute Gasteiger partial charge is 0.347 e. The van der Waals surface area contributed by atoms with Crippen molar-refractivity contribution in [3.8, 4) is 0 Å². The maximum atomic E-state index is 4.79. The molecule has 2 unspecified atom stereocenters. The minimum Gasteiger partial charge on any atom is -0.347 e. The van der Waals surface area contributed by atoms with E-state index in [0.29, 0.717) is 12.1 Å². The first-order valence-corrected chi connectivity index (χ1v) is 8.10. The van der Waals surface area contributed by atoms with Crippen molar-refractivity contribution in [2.24, 2.45) is 0 Å². The second-order valence-electron chi connectivity index (χ2n) is 5.50. The molecule has 0 aromatic carbocycles. The summed E-state index contributed by atoms with van der Waals surface area (Å²) in [4.78, 5) is 9.57. The normalized spacial score (nSPS) is 22.4. The third kappa shape index (κ3) is 3.68. The SMILES string of the molecule is CCNC(C)c1csc(N(C)C2CCCN(C)C2)n1. The fraction of sp³-hybridized carbons (Fsp3) is 0.786. The van der Waals surface area contributed by atoms with Gasteiger partial charge < -0.3 is 15.1 Å². The number of hydrogen-bond donors (Lipinski definition) is 1. The lowest BCUT2D eigenvalue weighted by Gasteiger charge is -2.35. The zero-order valence-electron chi connectivity index (χ0n) is 12.5. The number of likely N-dealkylation sites (N-methyl/N-ethyl adjacent to an activating group) is 2. The van der Waals surface area contributed by atoms with Crippen molar-refractivity contribution < 1.29 is 0 Å². The van der Waals surface area contributed by atoms with Crippen LogP contribution in [0, 0.1) is 0 Å². The number of hydrogen-bond acceptors (Lipinski definition) is 5. The molecule has 1 aliphatic rings. The van der Waals surface area contributed by atoms with Gasteiger partial charge >= 0.3 is 0 Å². The Bertz CT molecular complexity index is 393. The summed E-state index contributed by atoms with van der Waals surface area (Å²) in [5, 5.41) is 6.76. The standard InChI is InChI=1S/C14H26N4S/c1-5-15-11(2)13-10-19-14(16-13)18(4)12-7-6-8-17(3)9-12/h10-12,15H,5-9H2,1-4H3. The molecule has 1 aromatic rings. The van der Waals surface area contributed by atoms with Crippen LogP contribution in [0.4, 0.5) is 5.13 Å². The van der Waals surface area contributed by atoms with E-state index < -0.39 is 0 Å². The van der Waals surface area contributed by atoms with Crippen LogP contribution in [0.2, 0.25) is 0 Å². The van der Waals surface area contributed by atoms with Crippen LogP contribution in [0.3, 0.4) is 0 Å². The Morgan fingerprint density at radius 1 is 1.63 bits per heavy atom.